The Bertz CT molecular complexity index is 204. The molecular weight excluding hydrogens is 174 g/mol. The number of hydrogen-bond acceptors (Lipinski definition) is 4. The average Bonchev–Trinajstić information content (AvgIpc) is 2.27. The number of nitrogens with zero attached hydrogens (tertiary/aromatic N) is 1. The highest BCUT2D eigenvalue weighted by molar-refractivity contribution is 5.72. The van der Waals surface area contributed by atoms with Crippen molar-refractivity contribution in [3.8, 4) is 0 Å². The van der Waals surface area contributed by atoms with Gasteiger partial charge < -0.3 is 4.74 Å². The first-order valence-electron chi connectivity index (χ1n) is 4.48. The lowest BCUT2D eigenvalue weighted by atomic mass is 10.00. The van der Waals surface area contributed by atoms with Crippen LogP contribution in [0.2, 0.25) is 0 Å². The summed E-state index contributed by atoms with van der Waals surface area (Å²) < 4.78 is 4.89. The largest absolute Gasteiger partial charge is 0.465 e. The van der Waals surface area contributed by atoms with E-state index in [0.29, 0.717) is 13.0 Å². The molecule has 0 amide bonds. The normalized spacial score (nSPS) is 23.4. The van der Waals surface area contributed by atoms with Crippen molar-refractivity contribution in [2.45, 2.75) is 25.7 Å². The molecule has 1 fully saturated rings. The van der Waals surface area contributed by atoms with Crippen molar-refractivity contribution in [1.82, 2.24) is 0 Å². The molecule has 13 heavy (non-hydrogen) atoms. The van der Waals surface area contributed by atoms with Gasteiger partial charge in [0.05, 0.1) is 12.5 Å². The molecule has 1 saturated heterocycles. The molecule has 0 aromatic heterocycles. The summed E-state index contributed by atoms with van der Waals surface area (Å²) in [4.78, 5) is 20.9. The molecule has 5 heteroatoms. The molecule has 0 spiro atoms. The van der Waals surface area contributed by atoms with Crippen LogP contribution in [0.5, 0.6) is 0 Å². The number of hydrogen-bond donors (Lipinski definition) is 0. The van der Waals surface area contributed by atoms with Gasteiger partial charge in [0.2, 0.25) is 6.54 Å². The van der Waals surface area contributed by atoms with E-state index < -0.39 is 4.92 Å². The minimum Gasteiger partial charge on any atom is -0.465 e. The summed E-state index contributed by atoms with van der Waals surface area (Å²) in [6.45, 7) is 0.327. The Morgan fingerprint density at radius 1 is 1.54 bits per heavy atom. The van der Waals surface area contributed by atoms with Gasteiger partial charge in [-0.2, -0.15) is 0 Å². The van der Waals surface area contributed by atoms with Crippen molar-refractivity contribution in [3.05, 3.63) is 10.1 Å². The summed E-state index contributed by atoms with van der Waals surface area (Å²) in [5, 5.41) is 10.1. The maximum Gasteiger partial charge on any atom is 0.309 e. The Morgan fingerprint density at radius 2 is 2.31 bits per heavy atom. The minimum absolute atomic E-state index is 0.139. The smallest absolute Gasteiger partial charge is 0.309 e. The van der Waals surface area contributed by atoms with E-state index >= 15 is 0 Å². The average molecular weight is 187 g/mol. The zero-order valence-electron chi connectivity index (χ0n) is 7.40. The van der Waals surface area contributed by atoms with Crippen molar-refractivity contribution < 1.29 is 14.5 Å². The van der Waals surface area contributed by atoms with Crippen LogP contribution in [0.4, 0.5) is 0 Å². The lowest BCUT2D eigenvalue weighted by molar-refractivity contribution is -0.481. The molecule has 1 rings (SSSR count). The van der Waals surface area contributed by atoms with E-state index in [2.05, 4.69) is 0 Å². The third-order valence-electron chi connectivity index (χ3n) is 2.18. The molecule has 5 nitrogen and oxygen atoms in total. The van der Waals surface area contributed by atoms with Gasteiger partial charge in [-0.05, 0) is 19.3 Å². The Balaban J connectivity index is 2.36. The van der Waals surface area contributed by atoms with Gasteiger partial charge in [0.25, 0.3) is 0 Å². The first-order chi connectivity index (χ1) is 6.20. The fourth-order valence-corrected chi connectivity index (χ4v) is 1.42. The Hall–Kier alpha value is -1.13. The van der Waals surface area contributed by atoms with Crippen LogP contribution in [-0.4, -0.2) is 24.0 Å². The highest BCUT2D eigenvalue weighted by Crippen LogP contribution is 2.18. The van der Waals surface area contributed by atoms with Gasteiger partial charge in [0.15, 0.2) is 0 Å². The fourth-order valence-electron chi connectivity index (χ4n) is 1.42. The molecular formula is C8H13NO4. The van der Waals surface area contributed by atoms with Gasteiger partial charge in [0, 0.05) is 11.3 Å². The number of carbonyl (C=O) groups excluding carboxylic acids is 1. The van der Waals surface area contributed by atoms with E-state index in [1.165, 1.54) is 0 Å². The van der Waals surface area contributed by atoms with Crippen LogP contribution < -0.4 is 0 Å². The number of carbonyl (C=O) groups is 1. The molecule has 0 bridgehead atoms. The summed E-state index contributed by atoms with van der Waals surface area (Å²) in [5.41, 5.74) is 0. The maximum absolute atomic E-state index is 11.2. The highest BCUT2D eigenvalue weighted by Gasteiger charge is 2.23. The van der Waals surface area contributed by atoms with Crippen LogP contribution in [0.25, 0.3) is 0 Å². The topological polar surface area (TPSA) is 69.4 Å². The molecule has 0 saturated carbocycles. The zero-order valence-corrected chi connectivity index (χ0v) is 7.40. The van der Waals surface area contributed by atoms with E-state index in [1.54, 1.807) is 0 Å². The summed E-state index contributed by atoms with van der Waals surface area (Å²) in [6, 6.07) is 0. The predicted molar refractivity (Wildman–Crippen MR) is 44.8 cm³/mol. The molecule has 74 valence electrons. The minimum atomic E-state index is -0.391. The number of cyclic esters (lactones) is 1. The van der Waals surface area contributed by atoms with Crippen LogP contribution in [0.3, 0.4) is 0 Å². The molecule has 0 aromatic rings. The zero-order chi connectivity index (χ0) is 9.68. The van der Waals surface area contributed by atoms with Crippen LogP contribution in [-0.2, 0) is 9.53 Å². The first-order valence-corrected chi connectivity index (χ1v) is 4.48. The SMILES string of the molecule is O=C1OCCCCC1CC[N+](=O)[O-]. The number of ether oxygens (including phenoxy) is 1. The monoisotopic (exact) mass is 187 g/mol. The Labute approximate surface area is 76.2 Å². The van der Waals surface area contributed by atoms with Gasteiger partial charge >= 0.3 is 5.97 Å². The van der Waals surface area contributed by atoms with E-state index in [9.17, 15) is 14.9 Å². The van der Waals surface area contributed by atoms with Crippen LogP contribution in [0, 0.1) is 16.0 Å². The molecule has 1 heterocycles. The Kier molecular flexibility index (Phi) is 3.67. The standard InChI is InChI=1S/C8H13NO4/c10-8-7(4-5-9(11)12)3-1-2-6-13-8/h7H,1-6H2. The van der Waals surface area contributed by atoms with E-state index in [-0.39, 0.29) is 18.4 Å². The predicted octanol–water partition coefficient (Wildman–Crippen LogP) is 0.996. The first kappa shape index (κ1) is 9.95. The molecule has 0 N–H and O–H groups in total. The van der Waals surface area contributed by atoms with E-state index in [4.69, 9.17) is 4.74 Å². The summed E-state index contributed by atoms with van der Waals surface area (Å²) in [5.74, 6) is -0.521. The number of nitro groups is 1. The fraction of sp³-hybridized carbons (Fsp3) is 0.875. The van der Waals surface area contributed by atoms with Crippen molar-refractivity contribution in [2.75, 3.05) is 13.2 Å². The third-order valence-corrected chi connectivity index (χ3v) is 2.18. The van der Waals surface area contributed by atoms with Crippen molar-refractivity contribution in [3.63, 3.8) is 0 Å². The lowest BCUT2D eigenvalue weighted by Crippen LogP contribution is -2.18. The molecule has 0 aliphatic carbocycles. The van der Waals surface area contributed by atoms with Crippen molar-refractivity contribution in [2.24, 2.45) is 5.92 Å². The molecule has 0 radical (unpaired) electrons. The molecule has 0 aromatic carbocycles. The van der Waals surface area contributed by atoms with Crippen LogP contribution >= 0.6 is 0 Å². The summed E-state index contributed by atoms with van der Waals surface area (Å²) in [6.07, 6.45) is 2.84. The highest BCUT2D eigenvalue weighted by atomic mass is 16.6. The second kappa shape index (κ2) is 4.79. The molecule has 1 atom stereocenters. The quantitative estimate of drug-likeness (QED) is 0.375. The summed E-state index contributed by atoms with van der Waals surface area (Å²) >= 11 is 0. The van der Waals surface area contributed by atoms with Gasteiger partial charge in [-0.25, -0.2) is 0 Å². The number of esters is 1. The summed E-state index contributed by atoms with van der Waals surface area (Å²) in [7, 11) is 0. The van der Waals surface area contributed by atoms with Gasteiger partial charge in [-0.1, -0.05) is 0 Å². The van der Waals surface area contributed by atoms with Gasteiger partial charge in [0.1, 0.15) is 0 Å². The second-order valence-electron chi connectivity index (χ2n) is 3.21. The van der Waals surface area contributed by atoms with Crippen molar-refractivity contribution in [1.29, 1.82) is 0 Å². The van der Waals surface area contributed by atoms with Crippen LogP contribution in [0.1, 0.15) is 25.7 Å². The van der Waals surface area contributed by atoms with E-state index in [1.807, 2.05) is 0 Å². The second-order valence-corrected chi connectivity index (χ2v) is 3.21. The van der Waals surface area contributed by atoms with E-state index in [0.717, 1.165) is 19.3 Å². The van der Waals surface area contributed by atoms with Gasteiger partial charge in [-0.15, -0.1) is 0 Å². The lowest BCUT2D eigenvalue weighted by Gasteiger charge is -2.08. The molecule has 1 unspecified atom stereocenters. The molecule has 1 aliphatic heterocycles. The Morgan fingerprint density at radius 3 is 3.00 bits per heavy atom. The number of rotatable bonds is 3. The van der Waals surface area contributed by atoms with Crippen LogP contribution in [0.15, 0.2) is 0 Å². The maximum atomic E-state index is 11.2. The van der Waals surface area contributed by atoms with Crippen molar-refractivity contribution >= 4 is 5.97 Å². The third kappa shape index (κ3) is 3.40. The van der Waals surface area contributed by atoms with Gasteiger partial charge in [-0.3, -0.25) is 14.9 Å². The molecule has 1 aliphatic rings.